The topological polar surface area (TPSA) is 44.9 Å². The van der Waals surface area contributed by atoms with Crippen molar-refractivity contribution in [1.82, 2.24) is 10.3 Å². The molecule has 0 bridgehead atoms. The van der Waals surface area contributed by atoms with Crippen LogP contribution in [0.5, 0.6) is 0 Å². The van der Waals surface area contributed by atoms with Gasteiger partial charge in [0.25, 0.3) is 5.91 Å². The van der Waals surface area contributed by atoms with Gasteiger partial charge in [0.2, 0.25) is 0 Å². The van der Waals surface area contributed by atoms with Gasteiger partial charge >= 0.3 is 0 Å². The molecule has 3 nitrogen and oxygen atoms in total. The molecule has 0 fully saturated rings. The van der Waals surface area contributed by atoms with Crippen LogP contribution in [-0.4, -0.2) is 17.4 Å². The first-order valence-electron chi connectivity index (χ1n) is 6.76. The van der Waals surface area contributed by atoms with Gasteiger partial charge in [-0.05, 0) is 17.4 Å². The lowest BCUT2D eigenvalue weighted by Gasteiger charge is -2.29. The van der Waals surface area contributed by atoms with E-state index in [1.54, 1.807) is 6.20 Å². The molecule has 0 aliphatic rings. The molecule has 102 valence electrons. The Labute approximate surface area is 114 Å². The molecule has 0 atom stereocenters. The quantitative estimate of drug-likeness (QED) is 0.865. The van der Waals surface area contributed by atoms with Gasteiger partial charge in [-0.2, -0.15) is 0 Å². The van der Waals surface area contributed by atoms with E-state index < -0.39 is 0 Å². The summed E-state index contributed by atoms with van der Waals surface area (Å²) in [5.41, 5.74) is 1.81. The molecule has 1 aromatic heterocycles. The third kappa shape index (κ3) is 2.80. The Morgan fingerprint density at radius 1 is 1.32 bits per heavy atom. The first kappa shape index (κ1) is 13.7. The molecule has 0 spiro atoms. The minimum Gasteiger partial charge on any atom is -0.360 e. The summed E-state index contributed by atoms with van der Waals surface area (Å²) in [7, 11) is 0. The zero-order chi connectivity index (χ0) is 14.0. The molecule has 0 aliphatic heterocycles. The van der Waals surface area contributed by atoms with Gasteiger partial charge in [-0.3, -0.25) is 4.79 Å². The molecule has 2 aromatic rings. The number of rotatable bonds is 4. The Balaban J connectivity index is 2.13. The first-order chi connectivity index (χ1) is 8.92. The van der Waals surface area contributed by atoms with E-state index in [4.69, 9.17) is 0 Å². The molecular weight excluding hydrogens is 236 g/mol. The second kappa shape index (κ2) is 5.08. The molecule has 3 heteroatoms. The smallest absolute Gasteiger partial charge is 0.253 e. The average molecular weight is 258 g/mol. The number of benzene rings is 1. The summed E-state index contributed by atoms with van der Waals surface area (Å²) in [4.78, 5) is 15.4. The van der Waals surface area contributed by atoms with E-state index in [1.807, 2.05) is 24.3 Å². The Hall–Kier alpha value is -1.77. The zero-order valence-electron chi connectivity index (χ0n) is 12.1. The van der Waals surface area contributed by atoms with Gasteiger partial charge in [0.05, 0.1) is 5.56 Å². The van der Waals surface area contributed by atoms with Crippen molar-refractivity contribution >= 4 is 16.8 Å². The number of hydrogen-bond acceptors (Lipinski definition) is 1. The van der Waals surface area contributed by atoms with Crippen LogP contribution < -0.4 is 5.32 Å². The van der Waals surface area contributed by atoms with Crippen LogP contribution >= 0.6 is 0 Å². The van der Waals surface area contributed by atoms with Crippen LogP contribution in [-0.2, 0) is 0 Å². The highest BCUT2D eigenvalue weighted by atomic mass is 16.1. The second-order valence-corrected chi connectivity index (χ2v) is 6.07. The number of aromatic nitrogens is 1. The van der Waals surface area contributed by atoms with E-state index in [2.05, 4.69) is 38.0 Å². The molecule has 1 heterocycles. The maximum absolute atomic E-state index is 12.3. The Bertz CT molecular complexity index is 581. The molecule has 1 aromatic carbocycles. The molecule has 0 saturated carbocycles. The summed E-state index contributed by atoms with van der Waals surface area (Å²) < 4.78 is 0. The third-order valence-electron chi connectivity index (χ3n) is 4.10. The van der Waals surface area contributed by atoms with Gasteiger partial charge in [0, 0.05) is 23.6 Å². The van der Waals surface area contributed by atoms with Crippen LogP contribution in [0, 0.1) is 11.3 Å². The maximum atomic E-state index is 12.3. The van der Waals surface area contributed by atoms with Crippen molar-refractivity contribution in [3.05, 3.63) is 36.0 Å². The SMILES string of the molecule is CC(C)C(C)(C)CNC(=O)c1c[nH]c2ccccc12. The van der Waals surface area contributed by atoms with Crippen molar-refractivity contribution in [2.24, 2.45) is 11.3 Å². The van der Waals surface area contributed by atoms with Crippen LogP contribution in [0.25, 0.3) is 10.9 Å². The number of H-pyrrole nitrogens is 1. The van der Waals surface area contributed by atoms with Gasteiger partial charge < -0.3 is 10.3 Å². The number of carbonyl (C=O) groups excluding carboxylic acids is 1. The van der Waals surface area contributed by atoms with Crippen molar-refractivity contribution in [1.29, 1.82) is 0 Å². The fraction of sp³-hybridized carbons (Fsp3) is 0.438. The minimum atomic E-state index is -0.00817. The number of fused-ring (bicyclic) bond motifs is 1. The van der Waals surface area contributed by atoms with Crippen LogP contribution in [0.1, 0.15) is 38.1 Å². The summed E-state index contributed by atoms with van der Waals surface area (Å²) in [5.74, 6) is 0.516. The number of amides is 1. The normalized spacial score (nSPS) is 12.1. The predicted molar refractivity (Wildman–Crippen MR) is 79.3 cm³/mol. The van der Waals surface area contributed by atoms with Crippen molar-refractivity contribution in [3.8, 4) is 0 Å². The Kier molecular flexibility index (Phi) is 3.65. The molecule has 0 aliphatic carbocycles. The molecule has 2 rings (SSSR count). The summed E-state index contributed by atoms with van der Waals surface area (Å²) in [6.07, 6.45) is 1.78. The van der Waals surface area contributed by atoms with Gasteiger partial charge in [-0.25, -0.2) is 0 Å². The highest BCUT2D eigenvalue weighted by molar-refractivity contribution is 6.06. The van der Waals surface area contributed by atoms with Crippen molar-refractivity contribution in [2.45, 2.75) is 27.7 Å². The number of nitrogens with one attached hydrogen (secondary N) is 2. The van der Waals surface area contributed by atoms with E-state index in [0.29, 0.717) is 12.5 Å². The highest BCUT2D eigenvalue weighted by Crippen LogP contribution is 2.25. The zero-order valence-corrected chi connectivity index (χ0v) is 12.1. The van der Waals surface area contributed by atoms with E-state index in [0.717, 1.165) is 16.5 Å². The van der Waals surface area contributed by atoms with Crippen molar-refractivity contribution in [3.63, 3.8) is 0 Å². The standard InChI is InChI=1S/C16H22N2O/c1-11(2)16(3,4)10-18-15(19)13-9-17-14-8-6-5-7-12(13)14/h5-9,11,17H,10H2,1-4H3,(H,18,19). The molecule has 0 saturated heterocycles. The molecule has 0 unspecified atom stereocenters. The van der Waals surface area contributed by atoms with Crippen molar-refractivity contribution in [2.75, 3.05) is 6.54 Å². The van der Waals surface area contributed by atoms with Crippen LogP contribution in [0.15, 0.2) is 30.5 Å². The number of aromatic amines is 1. The number of hydrogen-bond donors (Lipinski definition) is 2. The summed E-state index contributed by atoms with van der Waals surface area (Å²) in [5, 5.41) is 4.01. The van der Waals surface area contributed by atoms with Crippen LogP contribution in [0.2, 0.25) is 0 Å². The fourth-order valence-electron chi connectivity index (χ4n) is 1.87. The maximum Gasteiger partial charge on any atom is 0.253 e. The van der Waals surface area contributed by atoms with Crippen LogP contribution in [0.3, 0.4) is 0 Å². The summed E-state index contributed by atoms with van der Waals surface area (Å²) in [6.45, 7) is 9.39. The number of para-hydroxylation sites is 1. The highest BCUT2D eigenvalue weighted by Gasteiger charge is 2.23. The van der Waals surface area contributed by atoms with E-state index in [9.17, 15) is 4.79 Å². The number of carbonyl (C=O) groups is 1. The molecule has 0 radical (unpaired) electrons. The lowest BCUT2D eigenvalue weighted by molar-refractivity contribution is 0.0926. The average Bonchev–Trinajstić information content (AvgIpc) is 2.79. The summed E-state index contributed by atoms with van der Waals surface area (Å²) in [6, 6.07) is 7.85. The molecule has 19 heavy (non-hydrogen) atoms. The van der Waals surface area contributed by atoms with E-state index in [1.165, 1.54) is 0 Å². The monoisotopic (exact) mass is 258 g/mol. The third-order valence-corrected chi connectivity index (χ3v) is 4.10. The van der Waals surface area contributed by atoms with E-state index in [-0.39, 0.29) is 11.3 Å². The van der Waals surface area contributed by atoms with Gasteiger partial charge in [-0.1, -0.05) is 45.9 Å². The minimum absolute atomic E-state index is 0.00817. The van der Waals surface area contributed by atoms with Crippen molar-refractivity contribution < 1.29 is 4.79 Å². The van der Waals surface area contributed by atoms with Gasteiger partial charge in [-0.15, -0.1) is 0 Å². The van der Waals surface area contributed by atoms with Gasteiger partial charge in [0.1, 0.15) is 0 Å². The Morgan fingerprint density at radius 2 is 2.00 bits per heavy atom. The first-order valence-corrected chi connectivity index (χ1v) is 6.76. The largest absolute Gasteiger partial charge is 0.360 e. The lowest BCUT2D eigenvalue weighted by atomic mass is 9.81. The second-order valence-electron chi connectivity index (χ2n) is 6.07. The lowest BCUT2D eigenvalue weighted by Crippen LogP contribution is -2.36. The molecule has 2 N–H and O–H groups in total. The summed E-state index contributed by atoms with van der Waals surface area (Å²) >= 11 is 0. The predicted octanol–water partition coefficient (Wildman–Crippen LogP) is 3.58. The molecule has 1 amide bonds. The molecular formula is C16H22N2O. The van der Waals surface area contributed by atoms with E-state index >= 15 is 0 Å². The Morgan fingerprint density at radius 3 is 2.68 bits per heavy atom. The fourth-order valence-corrected chi connectivity index (χ4v) is 1.87. The van der Waals surface area contributed by atoms with Crippen LogP contribution in [0.4, 0.5) is 0 Å². The van der Waals surface area contributed by atoms with Gasteiger partial charge in [0.15, 0.2) is 0 Å².